The van der Waals surface area contributed by atoms with E-state index < -0.39 is 0 Å². The molecule has 2 saturated heterocycles. The molecule has 0 aromatic heterocycles. The van der Waals surface area contributed by atoms with E-state index in [0.29, 0.717) is 23.1 Å². The molecule has 2 aliphatic heterocycles. The first kappa shape index (κ1) is 22.2. The summed E-state index contributed by atoms with van der Waals surface area (Å²) >= 11 is 6.45. The fourth-order valence-corrected chi connectivity index (χ4v) is 4.41. The molecule has 1 spiro atoms. The molecular formula is C21H31ClN2O5. The first-order valence-corrected chi connectivity index (χ1v) is 10.4. The third kappa shape index (κ3) is 5.54. The number of halogens is 1. The zero-order valence-electron chi connectivity index (χ0n) is 17.5. The first-order valence-electron chi connectivity index (χ1n) is 10.0. The average molecular weight is 427 g/mol. The zero-order valence-corrected chi connectivity index (χ0v) is 18.2. The number of methoxy groups -OCH3 is 3. The molecular weight excluding hydrogens is 396 g/mol. The standard InChI is InChI=1S/C21H31ClN2O5/c1-26-14-20(25)23-12-16-4-5-21(29-16)6-8-24(9-7-21)13-15-10-18(27-2)19(28-3)11-17(15)22/h10-11,16H,4-9,12-14H2,1-3H3,(H,23,25). The van der Waals surface area contributed by atoms with Gasteiger partial charge in [-0.05, 0) is 37.3 Å². The molecule has 8 heteroatoms. The summed E-state index contributed by atoms with van der Waals surface area (Å²) in [6.07, 6.45) is 4.08. The van der Waals surface area contributed by atoms with Gasteiger partial charge in [0.25, 0.3) is 0 Å². The maximum absolute atomic E-state index is 11.6. The molecule has 162 valence electrons. The molecule has 1 N–H and O–H groups in total. The normalized spacial score (nSPS) is 21.3. The minimum absolute atomic E-state index is 0.0610. The van der Waals surface area contributed by atoms with Gasteiger partial charge >= 0.3 is 0 Å². The Labute approximate surface area is 177 Å². The molecule has 0 aliphatic carbocycles. The predicted octanol–water partition coefficient (Wildman–Crippen LogP) is 2.63. The molecule has 1 aromatic rings. The van der Waals surface area contributed by atoms with Crippen molar-refractivity contribution in [3.63, 3.8) is 0 Å². The lowest BCUT2D eigenvalue weighted by Crippen LogP contribution is -2.45. The van der Waals surface area contributed by atoms with Gasteiger partial charge in [-0.1, -0.05) is 11.6 Å². The quantitative estimate of drug-likeness (QED) is 0.689. The summed E-state index contributed by atoms with van der Waals surface area (Å²) in [7, 11) is 4.76. The molecule has 3 rings (SSSR count). The monoisotopic (exact) mass is 426 g/mol. The van der Waals surface area contributed by atoms with Crippen LogP contribution < -0.4 is 14.8 Å². The molecule has 2 heterocycles. The van der Waals surface area contributed by atoms with Crippen molar-refractivity contribution in [2.75, 3.05) is 47.6 Å². The Bertz CT molecular complexity index is 707. The van der Waals surface area contributed by atoms with Crippen molar-refractivity contribution in [1.82, 2.24) is 10.2 Å². The number of carbonyl (C=O) groups is 1. The van der Waals surface area contributed by atoms with Crippen molar-refractivity contribution in [3.05, 3.63) is 22.7 Å². The fourth-order valence-electron chi connectivity index (χ4n) is 4.19. The number of nitrogens with one attached hydrogen (secondary N) is 1. The molecule has 2 fully saturated rings. The molecule has 2 aliphatic rings. The van der Waals surface area contributed by atoms with E-state index in [2.05, 4.69) is 10.2 Å². The summed E-state index contributed by atoms with van der Waals surface area (Å²) in [5.74, 6) is 1.23. The highest BCUT2D eigenvalue weighted by Crippen LogP contribution is 2.40. The highest BCUT2D eigenvalue weighted by Gasteiger charge is 2.42. The van der Waals surface area contributed by atoms with Crippen LogP contribution in [0.1, 0.15) is 31.2 Å². The van der Waals surface area contributed by atoms with Crippen LogP contribution in [0.2, 0.25) is 5.02 Å². The summed E-state index contributed by atoms with van der Waals surface area (Å²) in [6, 6.07) is 3.76. The number of carbonyl (C=O) groups excluding carboxylic acids is 1. The Balaban J connectivity index is 1.50. The number of likely N-dealkylation sites (tertiary alicyclic amines) is 1. The van der Waals surface area contributed by atoms with Crippen molar-refractivity contribution < 1.29 is 23.7 Å². The summed E-state index contributed by atoms with van der Waals surface area (Å²) < 4.78 is 21.9. The maximum Gasteiger partial charge on any atom is 0.246 e. The maximum atomic E-state index is 11.6. The number of hydrogen-bond donors (Lipinski definition) is 1. The summed E-state index contributed by atoms with van der Waals surface area (Å²) in [6.45, 7) is 3.31. The number of ether oxygens (including phenoxy) is 4. The number of rotatable bonds is 8. The van der Waals surface area contributed by atoms with Gasteiger partial charge in [0.1, 0.15) is 6.61 Å². The van der Waals surface area contributed by atoms with Crippen LogP contribution in [0.25, 0.3) is 0 Å². The Morgan fingerprint density at radius 2 is 1.90 bits per heavy atom. The third-order valence-electron chi connectivity index (χ3n) is 5.85. The third-order valence-corrected chi connectivity index (χ3v) is 6.21. The Kier molecular flexibility index (Phi) is 7.62. The van der Waals surface area contributed by atoms with Gasteiger partial charge in [-0.25, -0.2) is 0 Å². The minimum atomic E-state index is -0.0985. The summed E-state index contributed by atoms with van der Waals surface area (Å²) in [5, 5.41) is 3.57. The van der Waals surface area contributed by atoms with E-state index in [1.807, 2.05) is 12.1 Å². The van der Waals surface area contributed by atoms with Crippen LogP contribution >= 0.6 is 11.6 Å². The number of benzene rings is 1. The first-order chi connectivity index (χ1) is 14.0. The second-order valence-corrected chi connectivity index (χ2v) is 8.18. The smallest absolute Gasteiger partial charge is 0.246 e. The van der Waals surface area contributed by atoms with E-state index in [1.165, 1.54) is 7.11 Å². The molecule has 29 heavy (non-hydrogen) atoms. The average Bonchev–Trinajstić information content (AvgIpc) is 3.12. The molecule has 1 aromatic carbocycles. The molecule has 0 bridgehead atoms. The highest BCUT2D eigenvalue weighted by atomic mass is 35.5. The van der Waals surface area contributed by atoms with Crippen LogP contribution in [0.15, 0.2) is 12.1 Å². The van der Waals surface area contributed by atoms with Gasteiger partial charge in [-0.15, -0.1) is 0 Å². The van der Waals surface area contributed by atoms with Gasteiger partial charge < -0.3 is 24.3 Å². The lowest BCUT2D eigenvalue weighted by Gasteiger charge is -2.39. The molecule has 1 atom stereocenters. The number of piperidine rings is 1. The fraction of sp³-hybridized carbons (Fsp3) is 0.667. The predicted molar refractivity (Wildman–Crippen MR) is 111 cm³/mol. The number of nitrogens with zero attached hydrogens (tertiary/aromatic N) is 1. The lowest BCUT2D eigenvalue weighted by atomic mass is 9.88. The second kappa shape index (κ2) is 9.98. The highest BCUT2D eigenvalue weighted by molar-refractivity contribution is 6.31. The van der Waals surface area contributed by atoms with E-state index in [4.69, 9.17) is 30.5 Å². The number of amides is 1. The van der Waals surface area contributed by atoms with Crippen molar-refractivity contribution in [3.8, 4) is 11.5 Å². The van der Waals surface area contributed by atoms with E-state index in [9.17, 15) is 4.79 Å². The SMILES string of the molecule is COCC(=O)NCC1CCC2(CCN(Cc3cc(OC)c(OC)cc3Cl)CC2)O1. The molecule has 1 unspecified atom stereocenters. The molecule has 1 amide bonds. The van der Waals surface area contributed by atoms with E-state index >= 15 is 0 Å². The zero-order chi connectivity index (χ0) is 20.9. The number of hydrogen-bond acceptors (Lipinski definition) is 6. The van der Waals surface area contributed by atoms with Gasteiger partial charge in [0.2, 0.25) is 5.91 Å². The van der Waals surface area contributed by atoms with Gasteiger partial charge in [-0.2, -0.15) is 0 Å². The van der Waals surface area contributed by atoms with E-state index in [0.717, 1.165) is 50.9 Å². The van der Waals surface area contributed by atoms with Crippen molar-refractivity contribution in [2.45, 2.75) is 43.9 Å². The molecule has 7 nitrogen and oxygen atoms in total. The van der Waals surface area contributed by atoms with Gasteiger partial charge in [0, 0.05) is 44.4 Å². The van der Waals surface area contributed by atoms with Crippen LogP contribution in [-0.2, 0) is 20.8 Å². The van der Waals surface area contributed by atoms with E-state index in [-0.39, 0.29) is 24.2 Å². The Morgan fingerprint density at radius 1 is 1.21 bits per heavy atom. The van der Waals surface area contributed by atoms with Crippen LogP contribution in [-0.4, -0.2) is 70.1 Å². The molecule has 0 radical (unpaired) electrons. The van der Waals surface area contributed by atoms with Crippen LogP contribution in [0.5, 0.6) is 11.5 Å². The van der Waals surface area contributed by atoms with Crippen LogP contribution in [0.3, 0.4) is 0 Å². The largest absolute Gasteiger partial charge is 0.493 e. The van der Waals surface area contributed by atoms with Crippen molar-refractivity contribution >= 4 is 17.5 Å². The van der Waals surface area contributed by atoms with Crippen molar-refractivity contribution in [1.29, 1.82) is 0 Å². The van der Waals surface area contributed by atoms with Gasteiger partial charge in [-0.3, -0.25) is 9.69 Å². The van der Waals surface area contributed by atoms with Crippen LogP contribution in [0.4, 0.5) is 0 Å². The minimum Gasteiger partial charge on any atom is -0.493 e. The topological polar surface area (TPSA) is 69.3 Å². The lowest BCUT2D eigenvalue weighted by molar-refractivity contribution is -0.126. The van der Waals surface area contributed by atoms with Crippen LogP contribution in [0, 0.1) is 0 Å². The second-order valence-electron chi connectivity index (χ2n) is 7.77. The Hall–Kier alpha value is -1.54. The summed E-state index contributed by atoms with van der Waals surface area (Å²) in [4.78, 5) is 14.0. The van der Waals surface area contributed by atoms with Gasteiger partial charge in [0.05, 0.1) is 25.9 Å². The van der Waals surface area contributed by atoms with Crippen molar-refractivity contribution in [2.24, 2.45) is 0 Å². The van der Waals surface area contributed by atoms with E-state index in [1.54, 1.807) is 14.2 Å². The van der Waals surface area contributed by atoms with Gasteiger partial charge in [0.15, 0.2) is 11.5 Å². The Morgan fingerprint density at radius 3 is 2.55 bits per heavy atom. The summed E-state index contributed by atoms with van der Waals surface area (Å²) in [5.41, 5.74) is 0.973. The molecule has 0 saturated carbocycles.